The standard InChI is InChI=1S/C15H17FN2OS/c1-11-17-14(10-20-11)9-18(2)8-7-15(19)12-3-5-13(16)6-4-12/h3-6,10H,7-9H2,1-2H3. The van der Waals surface area contributed by atoms with Crippen LogP contribution in [0, 0.1) is 12.7 Å². The second kappa shape index (κ2) is 6.72. The molecule has 2 rings (SSSR count). The third kappa shape index (κ3) is 4.21. The molecule has 20 heavy (non-hydrogen) atoms. The van der Waals surface area contributed by atoms with Crippen LogP contribution in [-0.4, -0.2) is 29.3 Å². The Bertz CT molecular complexity index is 580. The summed E-state index contributed by atoms with van der Waals surface area (Å²) in [6, 6.07) is 5.69. The van der Waals surface area contributed by atoms with E-state index in [1.54, 1.807) is 11.3 Å². The van der Waals surface area contributed by atoms with Gasteiger partial charge in [-0.1, -0.05) is 0 Å². The van der Waals surface area contributed by atoms with Crippen molar-refractivity contribution < 1.29 is 9.18 Å². The van der Waals surface area contributed by atoms with E-state index in [9.17, 15) is 9.18 Å². The molecule has 0 bridgehead atoms. The second-order valence-electron chi connectivity index (χ2n) is 4.78. The van der Waals surface area contributed by atoms with Crippen molar-refractivity contribution in [3.8, 4) is 0 Å². The highest BCUT2D eigenvalue weighted by atomic mass is 32.1. The number of rotatable bonds is 6. The Labute approximate surface area is 122 Å². The molecule has 0 unspecified atom stereocenters. The van der Waals surface area contributed by atoms with Crippen LogP contribution in [0.15, 0.2) is 29.6 Å². The Kier molecular flexibility index (Phi) is 4.98. The lowest BCUT2D eigenvalue weighted by Crippen LogP contribution is -2.21. The molecule has 1 aromatic heterocycles. The molecule has 0 fully saturated rings. The molecule has 1 aromatic carbocycles. The molecule has 0 aliphatic rings. The zero-order valence-corrected chi connectivity index (χ0v) is 12.4. The van der Waals surface area contributed by atoms with Gasteiger partial charge < -0.3 is 4.90 Å². The van der Waals surface area contributed by atoms with Gasteiger partial charge in [0.05, 0.1) is 10.7 Å². The van der Waals surface area contributed by atoms with E-state index in [0.29, 0.717) is 18.5 Å². The Morgan fingerprint density at radius 3 is 2.65 bits per heavy atom. The molecule has 1 heterocycles. The number of thiazole rings is 1. The van der Waals surface area contributed by atoms with Crippen LogP contribution in [0.25, 0.3) is 0 Å². The van der Waals surface area contributed by atoms with Gasteiger partial charge in [-0.25, -0.2) is 9.37 Å². The molecule has 3 nitrogen and oxygen atoms in total. The van der Waals surface area contributed by atoms with Gasteiger partial charge in [0.2, 0.25) is 0 Å². The molecule has 0 saturated heterocycles. The number of benzene rings is 1. The van der Waals surface area contributed by atoms with Crippen LogP contribution in [0.3, 0.4) is 0 Å². The smallest absolute Gasteiger partial charge is 0.164 e. The lowest BCUT2D eigenvalue weighted by atomic mass is 10.1. The van der Waals surface area contributed by atoms with Gasteiger partial charge in [0, 0.05) is 30.5 Å². The number of aromatic nitrogens is 1. The molecule has 0 atom stereocenters. The number of hydrogen-bond acceptors (Lipinski definition) is 4. The molecule has 0 N–H and O–H groups in total. The van der Waals surface area contributed by atoms with Gasteiger partial charge in [0.15, 0.2) is 5.78 Å². The predicted molar refractivity (Wildman–Crippen MR) is 78.5 cm³/mol. The molecule has 2 aromatic rings. The maximum absolute atomic E-state index is 12.8. The van der Waals surface area contributed by atoms with Crippen LogP contribution < -0.4 is 0 Å². The van der Waals surface area contributed by atoms with Crippen molar-refractivity contribution in [2.24, 2.45) is 0 Å². The number of carbonyl (C=O) groups excluding carboxylic acids is 1. The Morgan fingerprint density at radius 2 is 2.05 bits per heavy atom. The highest BCUT2D eigenvalue weighted by Gasteiger charge is 2.09. The molecule has 0 spiro atoms. The Morgan fingerprint density at radius 1 is 1.35 bits per heavy atom. The lowest BCUT2D eigenvalue weighted by Gasteiger charge is -2.14. The summed E-state index contributed by atoms with van der Waals surface area (Å²) in [4.78, 5) is 18.4. The number of carbonyl (C=O) groups is 1. The lowest BCUT2D eigenvalue weighted by molar-refractivity contribution is 0.0967. The second-order valence-corrected chi connectivity index (χ2v) is 5.84. The third-order valence-corrected chi connectivity index (χ3v) is 3.81. The molecular formula is C15H17FN2OS. The number of ketones is 1. The summed E-state index contributed by atoms with van der Waals surface area (Å²) in [6.07, 6.45) is 0.422. The molecule has 106 valence electrons. The first-order valence-corrected chi connectivity index (χ1v) is 7.31. The van der Waals surface area contributed by atoms with Gasteiger partial charge in [-0.3, -0.25) is 4.79 Å². The zero-order valence-electron chi connectivity index (χ0n) is 11.6. The van der Waals surface area contributed by atoms with Gasteiger partial charge in [-0.15, -0.1) is 11.3 Å². The predicted octanol–water partition coefficient (Wildman–Crippen LogP) is 3.30. The van der Waals surface area contributed by atoms with Crippen molar-refractivity contribution in [2.75, 3.05) is 13.6 Å². The van der Waals surface area contributed by atoms with E-state index in [0.717, 1.165) is 17.2 Å². The molecule has 0 radical (unpaired) electrons. The van der Waals surface area contributed by atoms with Crippen LogP contribution in [0.1, 0.15) is 27.5 Å². The average molecular weight is 292 g/mol. The molecule has 0 aliphatic carbocycles. The van der Waals surface area contributed by atoms with Crippen molar-refractivity contribution in [2.45, 2.75) is 19.9 Å². The first kappa shape index (κ1) is 14.8. The van der Waals surface area contributed by atoms with Gasteiger partial charge in [-0.2, -0.15) is 0 Å². The summed E-state index contributed by atoms with van der Waals surface area (Å²) >= 11 is 1.63. The molecule has 0 amide bonds. The van der Waals surface area contributed by atoms with Crippen molar-refractivity contribution >= 4 is 17.1 Å². The largest absolute Gasteiger partial charge is 0.300 e. The molecule has 0 aliphatic heterocycles. The fraction of sp³-hybridized carbons (Fsp3) is 0.333. The maximum Gasteiger partial charge on any atom is 0.164 e. The van der Waals surface area contributed by atoms with E-state index < -0.39 is 0 Å². The summed E-state index contributed by atoms with van der Waals surface area (Å²) in [7, 11) is 1.96. The van der Waals surface area contributed by atoms with Crippen molar-refractivity contribution in [1.82, 2.24) is 9.88 Å². The quantitative estimate of drug-likeness (QED) is 0.766. The van der Waals surface area contributed by atoms with Gasteiger partial charge >= 0.3 is 0 Å². The van der Waals surface area contributed by atoms with Crippen LogP contribution in [0.5, 0.6) is 0 Å². The normalized spacial score (nSPS) is 11.0. The number of Topliss-reactive ketones (excluding diaryl/α,β-unsaturated/α-hetero) is 1. The first-order chi connectivity index (χ1) is 9.54. The minimum absolute atomic E-state index is 0.0336. The molecule has 0 saturated carbocycles. The van der Waals surface area contributed by atoms with Crippen LogP contribution in [0.4, 0.5) is 4.39 Å². The van der Waals surface area contributed by atoms with E-state index in [4.69, 9.17) is 0 Å². The number of halogens is 1. The Hall–Kier alpha value is -1.59. The topological polar surface area (TPSA) is 33.2 Å². The number of aryl methyl sites for hydroxylation is 1. The van der Waals surface area contributed by atoms with E-state index >= 15 is 0 Å². The average Bonchev–Trinajstić information content (AvgIpc) is 2.82. The van der Waals surface area contributed by atoms with Gasteiger partial charge in [0.25, 0.3) is 0 Å². The number of nitrogens with zero attached hydrogens (tertiary/aromatic N) is 2. The van der Waals surface area contributed by atoms with Gasteiger partial charge in [0.1, 0.15) is 5.82 Å². The SMILES string of the molecule is Cc1nc(CN(C)CCC(=O)c2ccc(F)cc2)cs1. The van der Waals surface area contributed by atoms with Crippen LogP contribution >= 0.6 is 11.3 Å². The van der Waals surface area contributed by atoms with E-state index in [2.05, 4.69) is 9.88 Å². The van der Waals surface area contributed by atoms with E-state index in [1.807, 2.05) is 19.4 Å². The summed E-state index contributed by atoms with van der Waals surface area (Å²) in [5, 5.41) is 3.09. The summed E-state index contributed by atoms with van der Waals surface area (Å²) in [5.74, 6) is -0.288. The first-order valence-electron chi connectivity index (χ1n) is 6.43. The fourth-order valence-electron chi connectivity index (χ4n) is 1.91. The number of hydrogen-bond donors (Lipinski definition) is 0. The highest BCUT2D eigenvalue weighted by Crippen LogP contribution is 2.11. The summed E-state index contributed by atoms with van der Waals surface area (Å²) in [6.45, 7) is 3.38. The minimum atomic E-state index is -0.322. The van der Waals surface area contributed by atoms with E-state index in [-0.39, 0.29) is 11.6 Å². The summed E-state index contributed by atoms with van der Waals surface area (Å²) < 4.78 is 12.8. The molecule has 5 heteroatoms. The maximum atomic E-state index is 12.8. The van der Waals surface area contributed by atoms with Gasteiger partial charge in [-0.05, 0) is 38.2 Å². The highest BCUT2D eigenvalue weighted by molar-refractivity contribution is 7.09. The third-order valence-electron chi connectivity index (χ3n) is 2.99. The van der Waals surface area contributed by atoms with Crippen molar-refractivity contribution in [3.63, 3.8) is 0 Å². The minimum Gasteiger partial charge on any atom is -0.300 e. The van der Waals surface area contributed by atoms with Crippen LogP contribution in [-0.2, 0) is 6.54 Å². The zero-order chi connectivity index (χ0) is 14.5. The Balaban J connectivity index is 1.82. The summed E-state index contributed by atoms with van der Waals surface area (Å²) in [5.41, 5.74) is 1.59. The van der Waals surface area contributed by atoms with Crippen molar-refractivity contribution in [3.05, 3.63) is 51.7 Å². The fourth-order valence-corrected chi connectivity index (χ4v) is 2.51. The molecular weight excluding hydrogens is 275 g/mol. The van der Waals surface area contributed by atoms with Crippen LogP contribution in [0.2, 0.25) is 0 Å². The van der Waals surface area contributed by atoms with E-state index in [1.165, 1.54) is 24.3 Å². The van der Waals surface area contributed by atoms with Crippen molar-refractivity contribution in [1.29, 1.82) is 0 Å². The monoisotopic (exact) mass is 292 g/mol.